The first-order valence-electron chi connectivity index (χ1n) is 9.93. The molecule has 33 heavy (non-hydrogen) atoms. The molecule has 0 radical (unpaired) electrons. The first-order chi connectivity index (χ1) is 16.0. The zero-order valence-electron chi connectivity index (χ0n) is 17.0. The Balaban J connectivity index is 1.40. The molecular formula is C23H16BrClN6OS. The van der Waals surface area contributed by atoms with Crippen LogP contribution in [0.15, 0.2) is 71.2 Å². The molecular weight excluding hydrogens is 524 g/mol. The number of carbonyl (C=O) groups is 1. The summed E-state index contributed by atoms with van der Waals surface area (Å²) in [7, 11) is 0. The van der Waals surface area contributed by atoms with Gasteiger partial charge in [-0.05, 0) is 66.8 Å². The van der Waals surface area contributed by atoms with Crippen molar-refractivity contribution in [2.45, 2.75) is 6.54 Å². The van der Waals surface area contributed by atoms with Crippen LogP contribution in [-0.2, 0) is 11.3 Å². The molecule has 0 aliphatic rings. The number of hydrazine groups is 1. The van der Waals surface area contributed by atoms with Gasteiger partial charge < -0.3 is 9.88 Å². The van der Waals surface area contributed by atoms with Gasteiger partial charge in [0.1, 0.15) is 12.1 Å². The Morgan fingerprint density at radius 3 is 2.48 bits per heavy atom. The predicted octanol–water partition coefficient (Wildman–Crippen LogP) is 5.17. The molecule has 2 aromatic heterocycles. The molecule has 164 valence electrons. The summed E-state index contributed by atoms with van der Waals surface area (Å²) in [5.41, 5.74) is 9.81. The highest BCUT2D eigenvalue weighted by atomic mass is 79.9. The van der Waals surface area contributed by atoms with E-state index in [9.17, 15) is 4.79 Å². The normalized spacial score (nSPS) is 11.1. The van der Waals surface area contributed by atoms with Crippen LogP contribution in [0, 0.1) is 0 Å². The van der Waals surface area contributed by atoms with Crippen molar-refractivity contribution in [3.63, 3.8) is 0 Å². The van der Waals surface area contributed by atoms with Gasteiger partial charge in [0, 0.05) is 20.6 Å². The van der Waals surface area contributed by atoms with E-state index >= 15 is 0 Å². The highest BCUT2D eigenvalue weighted by Gasteiger charge is 2.17. The number of nitrogens with one attached hydrogen (secondary N) is 3. The van der Waals surface area contributed by atoms with Crippen LogP contribution in [-0.4, -0.2) is 25.6 Å². The highest BCUT2D eigenvalue weighted by Crippen LogP contribution is 2.30. The summed E-state index contributed by atoms with van der Waals surface area (Å²) in [5, 5.41) is 4.71. The molecule has 1 amide bonds. The summed E-state index contributed by atoms with van der Waals surface area (Å²) in [6, 6.07) is 20.6. The number of amides is 1. The van der Waals surface area contributed by atoms with Crippen molar-refractivity contribution in [2.75, 3.05) is 5.32 Å². The lowest BCUT2D eigenvalue weighted by atomic mass is 10.2. The number of thiocarbonyl (C=S) groups is 1. The van der Waals surface area contributed by atoms with Crippen molar-refractivity contribution in [2.24, 2.45) is 0 Å². The van der Waals surface area contributed by atoms with Gasteiger partial charge in [-0.1, -0.05) is 39.7 Å². The first-order valence-corrected chi connectivity index (χ1v) is 11.5. The Bertz CT molecular complexity index is 1540. The van der Waals surface area contributed by atoms with Gasteiger partial charge in [-0.2, -0.15) is 0 Å². The summed E-state index contributed by atoms with van der Waals surface area (Å²) in [5.74, 6) is -0.293. The highest BCUT2D eigenvalue weighted by molar-refractivity contribution is 9.10. The topological polar surface area (TPSA) is 83.9 Å². The number of para-hydroxylation sites is 2. The van der Waals surface area contributed by atoms with Crippen molar-refractivity contribution in [1.29, 1.82) is 0 Å². The summed E-state index contributed by atoms with van der Waals surface area (Å²) in [6.45, 7) is 0.0164. The van der Waals surface area contributed by atoms with E-state index in [2.05, 4.69) is 32.1 Å². The second-order valence-electron chi connectivity index (χ2n) is 7.27. The molecule has 5 rings (SSSR count). The quantitative estimate of drug-likeness (QED) is 0.217. The van der Waals surface area contributed by atoms with Gasteiger partial charge in [-0.3, -0.25) is 15.6 Å². The fourth-order valence-corrected chi connectivity index (χ4v) is 4.18. The molecule has 0 spiro atoms. The third-order valence-electron chi connectivity index (χ3n) is 5.03. The Labute approximate surface area is 207 Å². The van der Waals surface area contributed by atoms with Crippen molar-refractivity contribution >= 4 is 89.6 Å². The minimum absolute atomic E-state index is 0.0164. The van der Waals surface area contributed by atoms with Gasteiger partial charge in [-0.15, -0.1) is 0 Å². The second kappa shape index (κ2) is 8.93. The molecule has 5 aromatic rings. The molecule has 3 aromatic carbocycles. The predicted molar refractivity (Wildman–Crippen MR) is 139 cm³/mol. The lowest BCUT2D eigenvalue weighted by Crippen LogP contribution is -2.45. The van der Waals surface area contributed by atoms with Crippen LogP contribution in [0.4, 0.5) is 5.69 Å². The minimum Gasteiger partial charge on any atom is -0.331 e. The van der Waals surface area contributed by atoms with Crippen molar-refractivity contribution in [3.8, 4) is 0 Å². The number of hydrogen-bond acceptors (Lipinski definition) is 4. The van der Waals surface area contributed by atoms with E-state index in [1.165, 1.54) is 0 Å². The number of benzene rings is 3. The monoisotopic (exact) mass is 538 g/mol. The van der Waals surface area contributed by atoms with Crippen LogP contribution in [0.3, 0.4) is 0 Å². The van der Waals surface area contributed by atoms with Crippen LogP contribution in [0.5, 0.6) is 0 Å². The second-order valence-corrected chi connectivity index (χ2v) is 9.03. The lowest BCUT2D eigenvalue weighted by Gasteiger charge is -2.12. The summed E-state index contributed by atoms with van der Waals surface area (Å²) < 4.78 is 2.78. The maximum atomic E-state index is 12.8. The fraction of sp³-hybridized carbons (Fsp3) is 0.0435. The molecule has 10 heteroatoms. The van der Waals surface area contributed by atoms with Crippen LogP contribution >= 0.6 is 39.7 Å². The minimum atomic E-state index is -0.293. The van der Waals surface area contributed by atoms with Gasteiger partial charge in [0.25, 0.3) is 5.91 Å². The maximum Gasteiger partial charge on any atom is 0.258 e. The van der Waals surface area contributed by atoms with Gasteiger partial charge in [0.05, 0.1) is 16.6 Å². The van der Waals surface area contributed by atoms with Gasteiger partial charge in [0.15, 0.2) is 10.8 Å². The number of hydrogen-bond donors (Lipinski definition) is 3. The number of nitrogens with zero attached hydrogens (tertiary/aromatic N) is 3. The number of halogens is 2. The summed E-state index contributed by atoms with van der Waals surface area (Å²) in [6.07, 6.45) is 0. The Morgan fingerprint density at radius 2 is 1.73 bits per heavy atom. The van der Waals surface area contributed by atoms with E-state index in [0.29, 0.717) is 16.2 Å². The maximum absolute atomic E-state index is 12.8. The zero-order valence-corrected chi connectivity index (χ0v) is 20.1. The molecule has 2 heterocycles. The van der Waals surface area contributed by atoms with E-state index in [1.807, 2.05) is 65.2 Å². The van der Waals surface area contributed by atoms with Crippen LogP contribution < -0.4 is 16.2 Å². The third-order valence-corrected chi connectivity index (χ3v) is 6.00. The van der Waals surface area contributed by atoms with Crippen molar-refractivity contribution in [3.05, 3.63) is 76.2 Å². The Morgan fingerprint density at radius 1 is 1.00 bits per heavy atom. The molecule has 0 bridgehead atoms. The number of anilines is 1. The average Bonchev–Trinajstić information content (AvgIpc) is 3.09. The van der Waals surface area contributed by atoms with E-state index < -0.39 is 0 Å². The molecule has 0 saturated heterocycles. The average molecular weight is 540 g/mol. The number of rotatable bonds is 3. The van der Waals surface area contributed by atoms with Crippen LogP contribution in [0.25, 0.3) is 33.1 Å². The van der Waals surface area contributed by atoms with Crippen LogP contribution in [0.1, 0.15) is 0 Å². The van der Waals surface area contributed by atoms with E-state index in [0.717, 1.165) is 32.1 Å². The standard InChI is InChI=1S/C23H16BrClN6OS/c24-13-5-8-15(9-6-13)26-23(33)30-29-20(32)12-31-19-10-7-14(25)11-16(19)21-22(31)28-18-4-2-1-3-17(18)27-21/h1-11H,12H2,(H,29,32)(H2,26,30,33). The SMILES string of the molecule is O=C(Cn1c2ccc(Cl)cc2c2nc3ccccc3nc21)NNC(=S)Nc1ccc(Br)cc1. The molecule has 7 nitrogen and oxygen atoms in total. The number of aromatic nitrogens is 3. The third kappa shape index (κ3) is 4.47. The van der Waals surface area contributed by atoms with E-state index in [1.54, 1.807) is 6.07 Å². The number of fused-ring (bicyclic) bond motifs is 4. The molecule has 0 atom stereocenters. The fourth-order valence-electron chi connectivity index (χ4n) is 3.57. The smallest absolute Gasteiger partial charge is 0.258 e. The van der Waals surface area contributed by atoms with Crippen LogP contribution in [0.2, 0.25) is 5.02 Å². The molecule has 0 fully saturated rings. The van der Waals surface area contributed by atoms with Crippen molar-refractivity contribution in [1.82, 2.24) is 25.4 Å². The van der Waals surface area contributed by atoms with E-state index in [4.69, 9.17) is 33.8 Å². The zero-order chi connectivity index (χ0) is 22.9. The summed E-state index contributed by atoms with van der Waals surface area (Å²) in [4.78, 5) is 22.3. The van der Waals surface area contributed by atoms with Gasteiger partial charge in [0.2, 0.25) is 0 Å². The largest absolute Gasteiger partial charge is 0.331 e. The lowest BCUT2D eigenvalue weighted by molar-refractivity contribution is -0.122. The molecule has 3 N–H and O–H groups in total. The van der Waals surface area contributed by atoms with Gasteiger partial charge in [-0.25, -0.2) is 9.97 Å². The first kappa shape index (κ1) is 21.6. The number of carbonyl (C=O) groups excluding carboxylic acids is 1. The Kier molecular flexibility index (Phi) is 5.84. The molecule has 0 aliphatic heterocycles. The van der Waals surface area contributed by atoms with Gasteiger partial charge >= 0.3 is 0 Å². The Hall–Kier alpha value is -3.27. The summed E-state index contributed by atoms with van der Waals surface area (Å²) >= 11 is 14.9. The molecule has 0 saturated carbocycles. The molecule has 0 aliphatic carbocycles. The molecule has 0 unspecified atom stereocenters. The van der Waals surface area contributed by atoms with E-state index in [-0.39, 0.29) is 17.6 Å². The van der Waals surface area contributed by atoms with Crippen molar-refractivity contribution < 1.29 is 4.79 Å².